The van der Waals surface area contributed by atoms with Crippen molar-refractivity contribution in [3.8, 4) is 11.5 Å². The Bertz CT molecular complexity index is 506. The van der Waals surface area contributed by atoms with Crippen LogP contribution in [0.4, 0.5) is 0 Å². The van der Waals surface area contributed by atoms with Crippen molar-refractivity contribution in [1.29, 1.82) is 0 Å². The van der Waals surface area contributed by atoms with Crippen molar-refractivity contribution in [2.45, 2.75) is 45.1 Å². The molecule has 0 amide bonds. The standard InChI is InChI=1S/C16H20NO3/c1-11-9-14(17-20-11)12-7-8-15(18-2)16(10-12)19-13-5-3-4-6-13/h7-8,10,13H,3-6,9H2,1-2H3. The molecule has 0 bridgehead atoms. The summed E-state index contributed by atoms with van der Waals surface area (Å²) in [5, 5.41) is 4.10. The fraction of sp³-hybridized carbons (Fsp3) is 0.500. The molecule has 0 spiro atoms. The third-order valence-electron chi connectivity index (χ3n) is 3.82. The lowest BCUT2D eigenvalue weighted by Gasteiger charge is -2.16. The Morgan fingerprint density at radius 1 is 1.20 bits per heavy atom. The van der Waals surface area contributed by atoms with Crippen molar-refractivity contribution in [1.82, 2.24) is 0 Å². The topological polar surface area (TPSA) is 40.0 Å². The van der Waals surface area contributed by atoms with Crippen LogP contribution < -0.4 is 9.47 Å². The summed E-state index contributed by atoms with van der Waals surface area (Å²) in [4.78, 5) is 5.18. The van der Waals surface area contributed by atoms with Crippen LogP contribution in [-0.4, -0.2) is 18.9 Å². The zero-order chi connectivity index (χ0) is 13.9. The second-order valence-electron chi connectivity index (χ2n) is 5.40. The lowest BCUT2D eigenvalue weighted by Crippen LogP contribution is -2.12. The molecule has 1 heterocycles. The number of benzene rings is 1. The SMILES string of the molecule is COc1ccc(C2=NO[C](C)C2)cc1OC1CCCC1. The first-order chi connectivity index (χ1) is 9.76. The van der Waals surface area contributed by atoms with E-state index in [9.17, 15) is 0 Å². The predicted molar refractivity (Wildman–Crippen MR) is 77.0 cm³/mol. The molecule has 0 aromatic heterocycles. The van der Waals surface area contributed by atoms with Crippen LogP contribution in [-0.2, 0) is 4.84 Å². The van der Waals surface area contributed by atoms with E-state index in [0.717, 1.165) is 48.1 Å². The van der Waals surface area contributed by atoms with Gasteiger partial charge in [-0.15, -0.1) is 0 Å². The predicted octanol–water partition coefficient (Wildman–Crippen LogP) is 3.69. The maximum atomic E-state index is 6.10. The van der Waals surface area contributed by atoms with Gasteiger partial charge in [-0.25, -0.2) is 0 Å². The number of ether oxygens (including phenoxy) is 2. The molecule has 2 aliphatic rings. The van der Waals surface area contributed by atoms with Crippen LogP contribution >= 0.6 is 0 Å². The van der Waals surface area contributed by atoms with Gasteiger partial charge in [-0.05, 0) is 50.8 Å². The van der Waals surface area contributed by atoms with Crippen LogP contribution in [0.3, 0.4) is 0 Å². The normalized spacial score (nSPS) is 19.8. The van der Waals surface area contributed by atoms with E-state index in [2.05, 4.69) is 5.16 Å². The molecule has 0 atom stereocenters. The van der Waals surface area contributed by atoms with Crippen molar-refractivity contribution in [3.05, 3.63) is 29.9 Å². The van der Waals surface area contributed by atoms with Gasteiger partial charge < -0.3 is 14.3 Å². The summed E-state index contributed by atoms with van der Waals surface area (Å²) >= 11 is 0. The van der Waals surface area contributed by atoms with Gasteiger partial charge in [0.1, 0.15) is 0 Å². The molecule has 0 N–H and O–H groups in total. The maximum Gasteiger partial charge on any atom is 0.182 e. The first kappa shape index (κ1) is 13.3. The molecule has 1 aromatic rings. The second-order valence-corrected chi connectivity index (χ2v) is 5.40. The molecule has 3 rings (SSSR count). The van der Waals surface area contributed by atoms with E-state index >= 15 is 0 Å². The summed E-state index contributed by atoms with van der Waals surface area (Å²) in [6.07, 6.45) is 6.76. The Morgan fingerprint density at radius 3 is 2.65 bits per heavy atom. The van der Waals surface area contributed by atoms with Crippen LogP contribution in [0.2, 0.25) is 0 Å². The molecule has 1 aliphatic heterocycles. The average Bonchev–Trinajstić information content (AvgIpc) is 3.10. The van der Waals surface area contributed by atoms with Gasteiger partial charge in [-0.3, -0.25) is 0 Å². The van der Waals surface area contributed by atoms with Crippen LogP contribution in [0.25, 0.3) is 0 Å². The molecule has 4 nitrogen and oxygen atoms in total. The average molecular weight is 274 g/mol. The lowest BCUT2D eigenvalue weighted by atomic mass is 10.0. The van der Waals surface area contributed by atoms with Crippen molar-refractivity contribution >= 4 is 5.71 Å². The second kappa shape index (κ2) is 5.73. The molecule has 1 radical (unpaired) electrons. The van der Waals surface area contributed by atoms with E-state index in [1.54, 1.807) is 7.11 Å². The number of methoxy groups -OCH3 is 1. The number of nitrogens with zero attached hydrogens (tertiary/aromatic N) is 1. The van der Waals surface area contributed by atoms with E-state index in [-0.39, 0.29) is 0 Å². The van der Waals surface area contributed by atoms with Gasteiger partial charge in [-0.1, -0.05) is 5.16 Å². The Morgan fingerprint density at radius 2 is 2.00 bits per heavy atom. The first-order valence-electron chi connectivity index (χ1n) is 7.17. The minimum Gasteiger partial charge on any atom is -0.493 e. The van der Waals surface area contributed by atoms with Crippen molar-refractivity contribution in [2.24, 2.45) is 5.16 Å². The van der Waals surface area contributed by atoms with Gasteiger partial charge in [0.15, 0.2) is 17.6 Å². The van der Waals surface area contributed by atoms with Crippen LogP contribution in [0.1, 0.15) is 44.6 Å². The number of hydrogen-bond acceptors (Lipinski definition) is 4. The van der Waals surface area contributed by atoms with Crippen molar-refractivity contribution in [2.75, 3.05) is 7.11 Å². The van der Waals surface area contributed by atoms with E-state index in [1.165, 1.54) is 12.8 Å². The molecule has 1 fully saturated rings. The molecule has 1 aliphatic carbocycles. The van der Waals surface area contributed by atoms with Crippen molar-refractivity contribution < 1.29 is 14.3 Å². The summed E-state index contributed by atoms with van der Waals surface area (Å²) in [6, 6.07) is 5.95. The van der Waals surface area contributed by atoms with Crippen LogP contribution in [0, 0.1) is 6.10 Å². The molecule has 1 aromatic carbocycles. The highest BCUT2D eigenvalue weighted by atomic mass is 16.6. The third-order valence-corrected chi connectivity index (χ3v) is 3.82. The number of rotatable bonds is 4. The van der Waals surface area contributed by atoms with E-state index < -0.39 is 0 Å². The zero-order valence-corrected chi connectivity index (χ0v) is 12.0. The largest absolute Gasteiger partial charge is 0.493 e. The highest BCUT2D eigenvalue weighted by molar-refractivity contribution is 6.02. The lowest BCUT2D eigenvalue weighted by molar-refractivity contribution is 0.182. The zero-order valence-electron chi connectivity index (χ0n) is 12.0. The van der Waals surface area contributed by atoms with Gasteiger partial charge >= 0.3 is 0 Å². The number of hydrogen-bond donors (Lipinski definition) is 0. The maximum absolute atomic E-state index is 6.10. The highest BCUT2D eigenvalue weighted by Gasteiger charge is 2.22. The first-order valence-corrected chi connectivity index (χ1v) is 7.17. The Hall–Kier alpha value is -1.71. The van der Waals surface area contributed by atoms with Gasteiger partial charge in [-0.2, -0.15) is 0 Å². The molecular weight excluding hydrogens is 254 g/mol. The minimum atomic E-state index is 0.314. The highest BCUT2D eigenvalue weighted by Crippen LogP contribution is 2.34. The van der Waals surface area contributed by atoms with Crippen LogP contribution in [0.15, 0.2) is 23.4 Å². The van der Waals surface area contributed by atoms with Crippen molar-refractivity contribution in [3.63, 3.8) is 0 Å². The summed E-state index contributed by atoms with van der Waals surface area (Å²) in [5.74, 6) is 1.59. The fourth-order valence-corrected chi connectivity index (χ4v) is 2.72. The summed E-state index contributed by atoms with van der Waals surface area (Å²) < 4.78 is 11.5. The minimum absolute atomic E-state index is 0.314. The smallest absolute Gasteiger partial charge is 0.182 e. The van der Waals surface area contributed by atoms with Crippen LogP contribution in [0.5, 0.6) is 11.5 Å². The molecule has 107 valence electrons. The summed E-state index contributed by atoms with van der Waals surface area (Å²) in [7, 11) is 1.67. The van der Waals surface area contributed by atoms with E-state index in [0.29, 0.717) is 6.10 Å². The molecule has 0 unspecified atom stereocenters. The van der Waals surface area contributed by atoms with Gasteiger partial charge in [0, 0.05) is 12.0 Å². The van der Waals surface area contributed by atoms with Gasteiger partial charge in [0.05, 0.1) is 18.9 Å². The summed E-state index contributed by atoms with van der Waals surface area (Å²) in [5.41, 5.74) is 1.98. The molecule has 4 heteroatoms. The monoisotopic (exact) mass is 274 g/mol. The van der Waals surface area contributed by atoms with Gasteiger partial charge in [0.25, 0.3) is 0 Å². The number of oxime groups is 1. The molecule has 20 heavy (non-hydrogen) atoms. The Balaban J connectivity index is 1.82. The van der Waals surface area contributed by atoms with Gasteiger partial charge in [0.2, 0.25) is 0 Å². The fourth-order valence-electron chi connectivity index (χ4n) is 2.72. The van der Waals surface area contributed by atoms with E-state index in [4.69, 9.17) is 14.3 Å². The Labute approximate surface area is 119 Å². The third kappa shape index (κ3) is 2.74. The molecule has 0 saturated heterocycles. The Kier molecular flexibility index (Phi) is 3.81. The quantitative estimate of drug-likeness (QED) is 0.840. The molecule has 1 saturated carbocycles. The van der Waals surface area contributed by atoms with E-state index in [1.807, 2.05) is 25.1 Å². The summed E-state index contributed by atoms with van der Waals surface area (Å²) in [6.45, 7) is 1.94. The molecular formula is C16H20NO3.